The number of hydrogen-bond acceptors (Lipinski definition) is 3. The number of rotatable bonds is 1. The van der Waals surface area contributed by atoms with Crippen LogP contribution in [-0.2, 0) is 13.2 Å². The zero-order chi connectivity index (χ0) is 12.8. The van der Waals surface area contributed by atoms with Crippen LogP contribution in [0.25, 0.3) is 11.0 Å². The van der Waals surface area contributed by atoms with Crippen LogP contribution in [0.15, 0.2) is 12.3 Å². The number of aryl methyl sites for hydroxylation is 1. The van der Waals surface area contributed by atoms with E-state index >= 15 is 0 Å². The molecule has 0 saturated carbocycles. The number of aromatic nitrogens is 3. The number of imidazole rings is 1. The Morgan fingerprint density at radius 1 is 1.41 bits per heavy atom. The lowest BCUT2D eigenvalue weighted by Crippen LogP contribution is -2.07. The van der Waals surface area contributed by atoms with Gasteiger partial charge in [0.2, 0.25) is 0 Å². The molecule has 2 aromatic heterocycles. The van der Waals surface area contributed by atoms with Crippen LogP contribution in [0.2, 0.25) is 0 Å². The smallest absolute Gasteiger partial charge is 0.323 e. The third kappa shape index (κ3) is 1.88. The van der Waals surface area contributed by atoms with Crippen LogP contribution < -0.4 is 0 Å². The van der Waals surface area contributed by atoms with Crippen LogP contribution >= 0.6 is 0 Å². The van der Waals surface area contributed by atoms with Gasteiger partial charge in [0.25, 0.3) is 0 Å². The molecule has 0 bridgehead atoms. The van der Waals surface area contributed by atoms with Gasteiger partial charge in [-0.05, 0) is 6.07 Å². The molecule has 0 unspecified atom stereocenters. The van der Waals surface area contributed by atoms with Gasteiger partial charge < -0.3 is 4.57 Å². The average molecular weight is 243 g/mol. The molecule has 2 rings (SSSR count). The van der Waals surface area contributed by atoms with Crippen molar-refractivity contribution < 1.29 is 18.0 Å². The molecule has 0 saturated heterocycles. The standard InChI is InChI=1S/C10H8F3N3O/c1-5(17)9-15-6-3-8(10(11,12)13)14-4-7(6)16(9)2/h3-4H,1-2H3. The van der Waals surface area contributed by atoms with E-state index in [-0.39, 0.29) is 17.1 Å². The molecule has 4 nitrogen and oxygen atoms in total. The Bertz CT molecular complexity index is 601. The molecule has 0 fully saturated rings. The SMILES string of the molecule is CC(=O)c1nc2cc(C(F)(F)F)ncc2n1C. The summed E-state index contributed by atoms with van der Waals surface area (Å²) in [5.41, 5.74) is -0.513. The van der Waals surface area contributed by atoms with E-state index in [0.717, 1.165) is 12.3 Å². The minimum atomic E-state index is -4.51. The summed E-state index contributed by atoms with van der Waals surface area (Å²) in [5.74, 6) is -0.196. The number of hydrogen-bond donors (Lipinski definition) is 0. The van der Waals surface area contributed by atoms with Crippen molar-refractivity contribution in [1.29, 1.82) is 0 Å². The molecule has 7 heteroatoms. The maximum Gasteiger partial charge on any atom is 0.433 e. The molecule has 2 aromatic rings. The molecule has 0 aliphatic carbocycles. The third-order valence-electron chi connectivity index (χ3n) is 2.37. The number of fused-ring (bicyclic) bond motifs is 1. The lowest BCUT2D eigenvalue weighted by Gasteiger charge is -2.04. The fourth-order valence-corrected chi connectivity index (χ4v) is 1.56. The zero-order valence-corrected chi connectivity index (χ0v) is 9.04. The highest BCUT2D eigenvalue weighted by Gasteiger charge is 2.33. The highest BCUT2D eigenvalue weighted by molar-refractivity contribution is 5.94. The predicted octanol–water partition coefficient (Wildman–Crippen LogP) is 2.19. The average Bonchev–Trinajstić information content (AvgIpc) is 2.54. The first-order valence-corrected chi connectivity index (χ1v) is 4.71. The lowest BCUT2D eigenvalue weighted by atomic mass is 10.3. The summed E-state index contributed by atoms with van der Waals surface area (Å²) in [6, 6.07) is 0.835. The Morgan fingerprint density at radius 3 is 2.59 bits per heavy atom. The van der Waals surface area contributed by atoms with Gasteiger partial charge in [0.1, 0.15) is 5.69 Å². The fourth-order valence-electron chi connectivity index (χ4n) is 1.56. The molecule has 0 aliphatic rings. The van der Waals surface area contributed by atoms with Crippen LogP contribution in [0.3, 0.4) is 0 Å². The molecular formula is C10H8F3N3O. The van der Waals surface area contributed by atoms with Crippen molar-refractivity contribution >= 4 is 16.8 Å². The zero-order valence-electron chi connectivity index (χ0n) is 9.04. The van der Waals surface area contributed by atoms with Crippen molar-refractivity contribution in [2.24, 2.45) is 7.05 Å². The van der Waals surface area contributed by atoms with E-state index in [9.17, 15) is 18.0 Å². The number of halogens is 3. The predicted molar refractivity (Wildman–Crippen MR) is 53.5 cm³/mol. The first-order valence-electron chi connectivity index (χ1n) is 4.71. The Labute approximate surface area is 94.1 Å². The Kier molecular flexibility index (Phi) is 2.41. The molecule has 0 N–H and O–H groups in total. The number of carbonyl (C=O) groups excluding carboxylic acids is 1. The van der Waals surface area contributed by atoms with Gasteiger partial charge in [0.15, 0.2) is 11.6 Å². The van der Waals surface area contributed by atoms with Gasteiger partial charge >= 0.3 is 6.18 Å². The first-order chi connectivity index (χ1) is 7.80. The number of alkyl halides is 3. The van der Waals surface area contributed by atoms with E-state index < -0.39 is 11.9 Å². The van der Waals surface area contributed by atoms with E-state index in [1.165, 1.54) is 11.5 Å². The molecule has 0 atom stereocenters. The summed E-state index contributed by atoms with van der Waals surface area (Å²) >= 11 is 0. The highest BCUT2D eigenvalue weighted by atomic mass is 19.4. The van der Waals surface area contributed by atoms with Crippen molar-refractivity contribution in [2.45, 2.75) is 13.1 Å². The van der Waals surface area contributed by atoms with Crippen LogP contribution in [-0.4, -0.2) is 20.3 Å². The molecule has 0 amide bonds. The molecule has 0 spiro atoms. The third-order valence-corrected chi connectivity index (χ3v) is 2.37. The van der Waals surface area contributed by atoms with E-state index in [0.29, 0.717) is 5.52 Å². The summed E-state index contributed by atoms with van der Waals surface area (Å²) in [6.07, 6.45) is -3.44. The highest BCUT2D eigenvalue weighted by Crippen LogP contribution is 2.29. The van der Waals surface area contributed by atoms with Crippen molar-refractivity contribution in [2.75, 3.05) is 0 Å². The number of Topliss-reactive ketones (excluding diaryl/α,β-unsaturated/α-hetero) is 1. The summed E-state index contributed by atoms with van der Waals surface area (Å²) in [5, 5.41) is 0. The topological polar surface area (TPSA) is 47.8 Å². The lowest BCUT2D eigenvalue weighted by molar-refractivity contribution is -0.141. The minimum absolute atomic E-state index is 0.111. The molecule has 0 aromatic carbocycles. The monoisotopic (exact) mass is 243 g/mol. The fraction of sp³-hybridized carbons (Fsp3) is 0.300. The van der Waals surface area contributed by atoms with E-state index in [4.69, 9.17) is 0 Å². The van der Waals surface area contributed by atoms with E-state index in [2.05, 4.69) is 9.97 Å². The molecule has 90 valence electrons. The van der Waals surface area contributed by atoms with Crippen molar-refractivity contribution in [3.8, 4) is 0 Å². The van der Waals surface area contributed by atoms with Crippen LogP contribution in [0.5, 0.6) is 0 Å². The van der Waals surface area contributed by atoms with Gasteiger partial charge in [-0.15, -0.1) is 0 Å². The summed E-state index contributed by atoms with van der Waals surface area (Å²) in [7, 11) is 1.56. The van der Waals surface area contributed by atoms with Gasteiger partial charge in [-0.3, -0.25) is 4.79 Å². The van der Waals surface area contributed by atoms with Crippen molar-refractivity contribution in [3.05, 3.63) is 23.8 Å². The summed E-state index contributed by atoms with van der Waals surface area (Å²) in [4.78, 5) is 18.4. The van der Waals surface area contributed by atoms with E-state index in [1.54, 1.807) is 7.05 Å². The number of carbonyl (C=O) groups is 1. The first kappa shape index (κ1) is 11.6. The van der Waals surface area contributed by atoms with Gasteiger partial charge in [-0.2, -0.15) is 13.2 Å². The van der Waals surface area contributed by atoms with Gasteiger partial charge in [0.05, 0.1) is 17.2 Å². The number of nitrogens with zero attached hydrogens (tertiary/aromatic N) is 3. The van der Waals surface area contributed by atoms with Gasteiger partial charge in [-0.1, -0.05) is 0 Å². The quantitative estimate of drug-likeness (QED) is 0.721. The second kappa shape index (κ2) is 3.54. The molecular weight excluding hydrogens is 235 g/mol. The Balaban J connectivity index is 2.68. The molecule has 17 heavy (non-hydrogen) atoms. The summed E-state index contributed by atoms with van der Waals surface area (Å²) in [6.45, 7) is 1.30. The number of ketones is 1. The number of pyridine rings is 1. The summed E-state index contributed by atoms with van der Waals surface area (Å²) < 4.78 is 38.7. The molecule has 0 aliphatic heterocycles. The molecule has 2 heterocycles. The van der Waals surface area contributed by atoms with Crippen LogP contribution in [0, 0.1) is 0 Å². The van der Waals surface area contributed by atoms with Crippen LogP contribution in [0.1, 0.15) is 23.2 Å². The van der Waals surface area contributed by atoms with Gasteiger partial charge in [0, 0.05) is 14.0 Å². The van der Waals surface area contributed by atoms with Crippen molar-refractivity contribution in [1.82, 2.24) is 14.5 Å². The van der Waals surface area contributed by atoms with Crippen molar-refractivity contribution in [3.63, 3.8) is 0 Å². The maximum atomic E-state index is 12.4. The van der Waals surface area contributed by atoms with Crippen LogP contribution in [0.4, 0.5) is 13.2 Å². The Hall–Kier alpha value is -1.92. The maximum absolute atomic E-state index is 12.4. The minimum Gasteiger partial charge on any atom is -0.323 e. The van der Waals surface area contributed by atoms with Gasteiger partial charge in [-0.25, -0.2) is 9.97 Å². The largest absolute Gasteiger partial charge is 0.433 e. The normalized spacial score (nSPS) is 12.1. The second-order valence-electron chi connectivity index (χ2n) is 3.61. The Morgan fingerprint density at radius 2 is 2.06 bits per heavy atom. The molecule has 0 radical (unpaired) electrons. The van der Waals surface area contributed by atoms with E-state index in [1.807, 2.05) is 0 Å². The second-order valence-corrected chi connectivity index (χ2v) is 3.61.